The van der Waals surface area contributed by atoms with Gasteiger partial charge in [-0.05, 0) is 12.5 Å². The van der Waals surface area contributed by atoms with Crippen molar-refractivity contribution in [3.8, 4) is 0 Å². The molecule has 0 aliphatic carbocycles. The predicted octanol–water partition coefficient (Wildman–Crippen LogP) is -1.20. The Bertz CT molecular complexity index is 283. The Morgan fingerprint density at radius 2 is 1.33 bits per heavy atom. The molecule has 1 rings (SSSR count). The van der Waals surface area contributed by atoms with E-state index in [4.69, 9.17) is 9.90 Å². The number of aromatic carboxylic acids is 1. The summed E-state index contributed by atoms with van der Waals surface area (Å²) < 4.78 is 0. The molecule has 0 radical (unpaired) electrons. The van der Waals surface area contributed by atoms with Crippen molar-refractivity contribution in [2.75, 3.05) is 0 Å². The summed E-state index contributed by atoms with van der Waals surface area (Å²) in [5, 5.41) is 19.0. The third-order valence-electron chi connectivity index (χ3n) is 1.01. The molecule has 4 nitrogen and oxygen atoms in total. The van der Waals surface area contributed by atoms with Crippen molar-refractivity contribution in [2.24, 2.45) is 0 Å². The zero-order chi connectivity index (χ0) is 10.3. The van der Waals surface area contributed by atoms with Crippen LogP contribution in [0.5, 0.6) is 0 Å². The summed E-state index contributed by atoms with van der Waals surface area (Å²) in [7, 11) is 0. The van der Waals surface area contributed by atoms with Gasteiger partial charge in [-0.2, -0.15) is 0 Å². The van der Waals surface area contributed by atoms with Gasteiger partial charge in [0.1, 0.15) is 0 Å². The van der Waals surface area contributed by atoms with Gasteiger partial charge in [-0.3, -0.25) is 0 Å². The Morgan fingerprint density at radius 1 is 1.00 bits per heavy atom. The van der Waals surface area contributed by atoms with E-state index < -0.39 is 11.9 Å². The zero-order valence-electron chi connectivity index (χ0n) is 7.65. The maximum Gasteiger partial charge on any atom is 2.00 e. The molecule has 0 atom stereocenters. The first-order valence-electron chi connectivity index (χ1n) is 3.48. The number of carboxylic acids is 2. The van der Waals surface area contributed by atoms with Crippen molar-refractivity contribution in [3.63, 3.8) is 0 Å². The zero-order valence-corrected chi connectivity index (χ0v) is 10.8. The summed E-state index contributed by atoms with van der Waals surface area (Å²) in [6.45, 7) is 0.972. The third-order valence-corrected chi connectivity index (χ3v) is 1.01. The van der Waals surface area contributed by atoms with Crippen LogP contribution in [0.25, 0.3) is 0 Å². The van der Waals surface area contributed by atoms with E-state index >= 15 is 0 Å². The first kappa shape index (κ1) is 20.0. The first-order chi connectivity index (χ1) is 6.04. The predicted molar refractivity (Wildman–Crippen MR) is 41.5 cm³/mol. The van der Waals surface area contributed by atoms with E-state index in [2.05, 4.69) is 0 Å². The van der Waals surface area contributed by atoms with Crippen LogP contribution >= 0.6 is 0 Å². The Balaban J connectivity index is -0.000000213. The normalized spacial score (nSPS) is 7.00. The Hall–Kier alpha value is -0.515. The molecule has 0 fully saturated rings. The largest absolute Gasteiger partial charge is 2.00 e. The molecule has 0 N–H and O–H groups in total. The standard InChI is InChI=1S/C7H6O2.C2H4O2.2Pd/c8-7(9)6-4-2-1-3-5-6;1-2(3)4;;/h1-5H,(H,8,9);1H3,(H,3,4);;/q;;2*+2/p-2. The van der Waals surface area contributed by atoms with E-state index in [1.807, 2.05) is 0 Å². The van der Waals surface area contributed by atoms with Crippen molar-refractivity contribution in [1.82, 2.24) is 0 Å². The van der Waals surface area contributed by atoms with Crippen LogP contribution < -0.4 is 10.2 Å². The maximum absolute atomic E-state index is 10.1. The quantitative estimate of drug-likeness (QED) is 0.562. The van der Waals surface area contributed by atoms with E-state index in [1.54, 1.807) is 18.2 Å². The van der Waals surface area contributed by atoms with Gasteiger partial charge in [-0.25, -0.2) is 0 Å². The van der Waals surface area contributed by atoms with Crippen LogP contribution in [0.2, 0.25) is 0 Å². The molecular formula is C9H8O4Pd2+2. The van der Waals surface area contributed by atoms with Crippen LogP contribution in [0.15, 0.2) is 30.3 Å². The van der Waals surface area contributed by atoms with E-state index in [-0.39, 0.29) is 46.4 Å². The smallest absolute Gasteiger partial charge is 0.550 e. The number of benzene rings is 1. The van der Waals surface area contributed by atoms with Crippen molar-refractivity contribution < 1.29 is 60.6 Å². The van der Waals surface area contributed by atoms with Gasteiger partial charge >= 0.3 is 40.8 Å². The number of aliphatic carboxylic acids is 1. The van der Waals surface area contributed by atoms with Crippen LogP contribution in [-0.2, 0) is 45.6 Å². The molecule has 15 heavy (non-hydrogen) atoms. The van der Waals surface area contributed by atoms with Crippen molar-refractivity contribution in [2.45, 2.75) is 6.92 Å². The summed E-state index contributed by atoms with van der Waals surface area (Å²) in [5.74, 6) is -2.21. The minimum absolute atomic E-state index is 0. The van der Waals surface area contributed by atoms with Gasteiger partial charge in [0, 0.05) is 5.97 Å². The minimum atomic E-state index is -1.13. The summed E-state index contributed by atoms with van der Waals surface area (Å²) in [4.78, 5) is 19.0. The van der Waals surface area contributed by atoms with Crippen LogP contribution in [0.4, 0.5) is 0 Å². The van der Waals surface area contributed by atoms with Gasteiger partial charge in [0.05, 0.1) is 5.97 Å². The molecule has 0 aliphatic heterocycles. The van der Waals surface area contributed by atoms with Crippen molar-refractivity contribution >= 4 is 11.9 Å². The maximum atomic E-state index is 10.1. The average Bonchev–Trinajstić information content (AvgIpc) is 2.05. The Labute approximate surface area is 115 Å². The summed E-state index contributed by atoms with van der Waals surface area (Å²) in [6.07, 6.45) is 0. The summed E-state index contributed by atoms with van der Waals surface area (Å²) >= 11 is 0. The van der Waals surface area contributed by atoms with E-state index in [1.165, 1.54) is 12.1 Å². The van der Waals surface area contributed by atoms with Crippen LogP contribution in [0, 0.1) is 0 Å². The molecule has 0 unspecified atom stereocenters. The van der Waals surface area contributed by atoms with Gasteiger partial charge in [0.15, 0.2) is 0 Å². The second-order valence-electron chi connectivity index (χ2n) is 2.15. The number of hydrogen-bond acceptors (Lipinski definition) is 4. The fraction of sp³-hybridized carbons (Fsp3) is 0.111. The van der Waals surface area contributed by atoms with E-state index in [9.17, 15) is 9.90 Å². The summed E-state index contributed by atoms with van der Waals surface area (Å²) in [6, 6.07) is 8.06. The Morgan fingerprint density at radius 3 is 1.53 bits per heavy atom. The number of carboxylic acid groups (broad SMARTS) is 2. The van der Waals surface area contributed by atoms with E-state index in [0.717, 1.165) is 6.92 Å². The van der Waals surface area contributed by atoms with Gasteiger partial charge in [-0.1, -0.05) is 30.3 Å². The SMILES string of the molecule is CC(=O)[O-].O=C([O-])c1ccccc1.[Pd+2].[Pd+2]. The number of hydrogen-bond donors (Lipinski definition) is 0. The van der Waals surface area contributed by atoms with Crippen LogP contribution in [0.1, 0.15) is 17.3 Å². The van der Waals surface area contributed by atoms with Crippen LogP contribution in [0.3, 0.4) is 0 Å². The van der Waals surface area contributed by atoms with Gasteiger partial charge < -0.3 is 19.8 Å². The number of carbonyl (C=O) groups excluding carboxylic acids is 2. The molecule has 6 heteroatoms. The molecular weight excluding hydrogens is 385 g/mol. The molecule has 86 valence electrons. The fourth-order valence-electron chi connectivity index (χ4n) is 0.574. The minimum Gasteiger partial charge on any atom is -0.550 e. The van der Waals surface area contributed by atoms with Crippen molar-refractivity contribution in [1.29, 1.82) is 0 Å². The van der Waals surface area contributed by atoms with Gasteiger partial charge in [-0.15, -0.1) is 0 Å². The molecule has 1 aromatic carbocycles. The number of carbonyl (C=O) groups is 2. The molecule has 0 saturated carbocycles. The fourth-order valence-corrected chi connectivity index (χ4v) is 0.574. The molecule has 0 saturated heterocycles. The van der Waals surface area contributed by atoms with Crippen LogP contribution in [-0.4, -0.2) is 11.9 Å². The molecule has 0 aliphatic rings. The molecule has 0 heterocycles. The third kappa shape index (κ3) is 13.5. The second kappa shape index (κ2) is 11.6. The monoisotopic (exact) mass is 392 g/mol. The summed E-state index contributed by atoms with van der Waals surface area (Å²) in [5.41, 5.74) is 0.220. The second-order valence-corrected chi connectivity index (χ2v) is 2.15. The molecule has 0 spiro atoms. The van der Waals surface area contributed by atoms with Gasteiger partial charge in [0.25, 0.3) is 0 Å². The first-order valence-corrected chi connectivity index (χ1v) is 3.48. The molecule has 1 aromatic rings. The Kier molecular flexibility index (Phi) is 15.4. The van der Waals surface area contributed by atoms with E-state index in [0.29, 0.717) is 0 Å². The van der Waals surface area contributed by atoms with Crippen molar-refractivity contribution in [3.05, 3.63) is 35.9 Å². The molecule has 0 amide bonds. The number of rotatable bonds is 1. The van der Waals surface area contributed by atoms with Gasteiger partial charge in [0.2, 0.25) is 0 Å². The molecule has 0 aromatic heterocycles. The average molecular weight is 393 g/mol. The molecule has 0 bridgehead atoms. The topological polar surface area (TPSA) is 80.3 Å².